The molecule has 6 nitrogen and oxygen atoms in total. The number of rotatable bonds is 1. The van der Waals surface area contributed by atoms with E-state index in [1.54, 1.807) is 6.92 Å². The first-order valence-electron chi connectivity index (χ1n) is 4.44. The molecule has 6 heteroatoms. The zero-order valence-corrected chi connectivity index (χ0v) is 8.34. The molecule has 0 aliphatic heterocycles. The lowest BCUT2D eigenvalue weighted by Crippen LogP contribution is -2.11. The molecule has 0 saturated heterocycles. The summed E-state index contributed by atoms with van der Waals surface area (Å²) < 4.78 is 4.86. The van der Waals surface area contributed by atoms with Crippen molar-refractivity contribution in [1.82, 2.24) is 0 Å². The Hall–Kier alpha value is -2.05. The Morgan fingerprint density at radius 1 is 1.25 bits per heavy atom. The Bertz CT molecular complexity index is 602. The molecule has 0 aliphatic rings. The fourth-order valence-electron chi connectivity index (χ4n) is 1.50. The standard InChI is InChI=1S/C10H9NO5/c1-5-2-10(13)16-9-4-8(12)7(11(14)15)3-6(5)9/h2-4,12,14-15H,1H3. The fourth-order valence-corrected chi connectivity index (χ4v) is 1.50. The number of aryl methyl sites for hydroxylation is 1. The van der Waals surface area contributed by atoms with Gasteiger partial charge in [0.25, 0.3) is 0 Å². The maximum absolute atomic E-state index is 11.1. The molecule has 0 fully saturated rings. The van der Waals surface area contributed by atoms with Gasteiger partial charge in [0.2, 0.25) is 0 Å². The van der Waals surface area contributed by atoms with Gasteiger partial charge in [0.1, 0.15) is 17.0 Å². The topological polar surface area (TPSA) is 94.1 Å². The van der Waals surface area contributed by atoms with Crippen LogP contribution in [0.1, 0.15) is 5.56 Å². The van der Waals surface area contributed by atoms with Gasteiger partial charge in [-0.2, -0.15) is 0 Å². The minimum absolute atomic E-state index is 0.188. The van der Waals surface area contributed by atoms with Gasteiger partial charge in [-0.3, -0.25) is 10.4 Å². The number of phenols is 1. The van der Waals surface area contributed by atoms with E-state index in [-0.39, 0.29) is 16.5 Å². The normalized spacial score (nSPS) is 10.7. The lowest BCUT2D eigenvalue weighted by molar-refractivity contribution is 0.0280. The summed E-state index contributed by atoms with van der Waals surface area (Å²) in [6.45, 7) is 1.68. The first kappa shape index (κ1) is 10.5. The second-order valence-corrected chi connectivity index (χ2v) is 3.37. The van der Waals surface area contributed by atoms with Gasteiger partial charge in [-0.15, -0.1) is 5.23 Å². The third-order valence-electron chi connectivity index (χ3n) is 2.26. The van der Waals surface area contributed by atoms with Crippen LogP contribution in [0.3, 0.4) is 0 Å². The molecule has 0 radical (unpaired) electrons. The van der Waals surface area contributed by atoms with Crippen LogP contribution in [0.2, 0.25) is 0 Å². The molecule has 84 valence electrons. The number of nitrogens with zero attached hydrogens (tertiary/aromatic N) is 1. The highest BCUT2D eigenvalue weighted by atomic mass is 16.8. The molecule has 0 unspecified atom stereocenters. The molecule has 1 aromatic carbocycles. The number of phenolic OH excluding ortho intramolecular Hbond substituents is 1. The summed E-state index contributed by atoms with van der Waals surface area (Å²) in [5.41, 5.74) is 0.0916. The predicted molar refractivity (Wildman–Crippen MR) is 54.9 cm³/mol. The van der Waals surface area contributed by atoms with Crippen LogP contribution >= 0.6 is 0 Å². The smallest absolute Gasteiger partial charge is 0.336 e. The van der Waals surface area contributed by atoms with Gasteiger partial charge in [0.05, 0.1) is 0 Å². The van der Waals surface area contributed by atoms with Crippen LogP contribution in [0.4, 0.5) is 5.69 Å². The number of benzene rings is 1. The number of fused-ring (bicyclic) bond motifs is 1. The summed E-state index contributed by atoms with van der Waals surface area (Å²) in [6, 6.07) is 3.74. The molecular formula is C10H9NO5. The van der Waals surface area contributed by atoms with E-state index in [0.29, 0.717) is 10.9 Å². The highest BCUT2D eigenvalue weighted by Crippen LogP contribution is 2.31. The van der Waals surface area contributed by atoms with Crippen LogP contribution in [0.15, 0.2) is 27.4 Å². The summed E-state index contributed by atoms with van der Waals surface area (Å²) in [7, 11) is 0. The molecule has 2 aromatic rings. The predicted octanol–water partition coefficient (Wildman–Crippen LogP) is 1.39. The molecule has 0 bridgehead atoms. The van der Waals surface area contributed by atoms with E-state index in [0.717, 1.165) is 6.07 Å². The van der Waals surface area contributed by atoms with Crippen molar-refractivity contribution in [1.29, 1.82) is 0 Å². The van der Waals surface area contributed by atoms with E-state index in [9.17, 15) is 9.90 Å². The minimum Gasteiger partial charge on any atom is -0.505 e. The molecular weight excluding hydrogens is 214 g/mol. The molecule has 1 heterocycles. The van der Waals surface area contributed by atoms with E-state index in [1.165, 1.54) is 12.1 Å². The largest absolute Gasteiger partial charge is 0.505 e. The SMILES string of the molecule is Cc1cc(=O)oc2cc(O)c(N(O)O)cc12. The molecule has 1 aromatic heterocycles. The number of aromatic hydroxyl groups is 1. The first-order chi connectivity index (χ1) is 7.49. The van der Waals surface area contributed by atoms with E-state index in [1.807, 2.05) is 0 Å². The zero-order valence-electron chi connectivity index (χ0n) is 8.34. The van der Waals surface area contributed by atoms with E-state index in [4.69, 9.17) is 14.8 Å². The van der Waals surface area contributed by atoms with Crippen LogP contribution in [0.5, 0.6) is 5.75 Å². The van der Waals surface area contributed by atoms with Crippen molar-refractivity contribution in [3.8, 4) is 5.75 Å². The van der Waals surface area contributed by atoms with Crippen LogP contribution < -0.4 is 10.9 Å². The molecule has 0 amide bonds. The average Bonchev–Trinajstić information content (AvgIpc) is 2.15. The van der Waals surface area contributed by atoms with E-state index in [2.05, 4.69) is 0 Å². The Morgan fingerprint density at radius 2 is 1.94 bits per heavy atom. The zero-order chi connectivity index (χ0) is 11.9. The minimum atomic E-state index is -0.526. The Morgan fingerprint density at radius 3 is 2.56 bits per heavy atom. The first-order valence-corrected chi connectivity index (χ1v) is 4.44. The Balaban J connectivity index is 2.84. The van der Waals surface area contributed by atoms with Gasteiger partial charge in [0, 0.05) is 17.5 Å². The lowest BCUT2D eigenvalue weighted by Gasteiger charge is -2.11. The summed E-state index contributed by atoms with van der Waals surface area (Å²) in [5.74, 6) is -0.397. The Kier molecular flexibility index (Phi) is 2.30. The van der Waals surface area contributed by atoms with Crippen LogP contribution in [-0.4, -0.2) is 15.5 Å². The van der Waals surface area contributed by atoms with Crippen LogP contribution in [0, 0.1) is 6.92 Å². The third-order valence-corrected chi connectivity index (χ3v) is 2.26. The maximum atomic E-state index is 11.1. The van der Waals surface area contributed by atoms with E-state index < -0.39 is 11.4 Å². The molecule has 3 N–H and O–H groups in total. The van der Waals surface area contributed by atoms with Gasteiger partial charge in [-0.25, -0.2) is 4.79 Å². The number of anilines is 1. The van der Waals surface area contributed by atoms with E-state index >= 15 is 0 Å². The van der Waals surface area contributed by atoms with Gasteiger partial charge in [-0.1, -0.05) is 0 Å². The quantitative estimate of drug-likeness (QED) is 0.499. The highest BCUT2D eigenvalue weighted by Gasteiger charge is 2.11. The lowest BCUT2D eigenvalue weighted by atomic mass is 10.1. The second kappa shape index (κ2) is 3.51. The van der Waals surface area contributed by atoms with Gasteiger partial charge in [-0.05, 0) is 18.6 Å². The number of hydrogen-bond donors (Lipinski definition) is 3. The van der Waals surface area contributed by atoms with Crippen LogP contribution in [-0.2, 0) is 0 Å². The molecule has 0 aliphatic carbocycles. The number of hydrogen-bond acceptors (Lipinski definition) is 6. The second-order valence-electron chi connectivity index (χ2n) is 3.37. The highest BCUT2D eigenvalue weighted by molar-refractivity contribution is 5.86. The van der Waals surface area contributed by atoms with Crippen molar-refractivity contribution < 1.29 is 19.9 Å². The van der Waals surface area contributed by atoms with Gasteiger partial charge >= 0.3 is 5.63 Å². The molecule has 16 heavy (non-hydrogen) atoms. The van der Waals surface area contributed by atoms with Gasteiger partial charge in [0.15, 0.2) is 0 Å². The summed E-state index contributed by atoms with van der Waals surface area (Å²) >= 11 is 0. The van der Waals surface area contributed by atoms with Crippen molar-refractivity contribution in [2.45, 2.75) is 6.92 Å². The summed E-state index contributed by atoms with van der Waals surface area (Å²) in [6.07, 6.45) is 0. The molecule has 0 spiro atoms. The molecule has 2 rings (SSSR count). The fraction of sp³-hybridized carbons (Fsp3) is 0.100. The third kappa shape index (κ3) is 1.60. The van der Waals surface area contributed by atoms with Gasteiger partial charge < -0.3 is 9.52 Å². The monoisotopic (exact) mass is 223 g/mol. The average molecular weight is 223 g/mol. The van der Waals surface area contributed by atoms with Crippen molar-refractivity contribution in [3.05, 3.63) is 34.2 Å². The summed E-state index contributed by atoms with van der Waals surface area (Å²) in [4.78, 5) is 11.1. The van der Waals surface area contributed by atoms with Crippen molar-refractivity contribution in [2.24, 2.45) is 0 Å². The Labute approximate surface area is 89.5 Å². The van der Waals surface area contributed by atoms with Crippen molar-refractivity contribution in [2.75, 3.05) is 5.23 Å². The maximum Gasteiger partial charge on any atom is 0.336 e. The summed E-state index contributed by atoms with van der Waals surface area (Å²) in [5, 5.41) is 27.4. The van der Waals surface area contributed by atoms with Crippen LogP contribution in [0.25, 0.3) is 11.0 Å². The van der Waals surface area contributed by atoms with Crippen molar-refractivity contribution >= 4 is 16.7 Å². The molecule has 0 saturated carbocycles. The molecule has 0 atom stereocenters. The van der Waals surface area contributed by atoms with Crippen molar-refractivity contribution in [3.63, 3.8) is 0 Å².